The Morgan fingerprint density at radius 1 is 1.00 bits per heavy atom. The summed E-state index contributed by atoms with van der Waals surface area (Å²) in [7, 11) is 1.90. The van der Waals surface area contributed by atoms with Gasteiger partial charge in [-0.1, -0.05) is 0 Å². The monoisotopic (exact) mass is 406 g/mol. The summed E-state index contributed by atoms with van der Waals surface area (Å²) in [5.74, 6) is 0.932. The first-order valence-electron chi connectivity index (χ1n) is 10.5. The fourth-order valence-corrected chi connectivity index (χ4v) is 5.68. The van der Waals surface area contributed by atoms with Crippen LogP contribution >= 0.6 is 0 Å². The molecule has 156 valence electrons. The molecule has 0 aromatic carbocycles. The van der Waals surface area contributed by atoms with Crippen molar-refractivity contribution in [1.82, 2.24) is 24.8 Å². The van der Waals surface area contributed by atoms with Crippen LogP contribution in [0.15, 0.2) is 43.0 Å². The molecule has 3 saturated heterocycles. The second-order valence-corrected chi connectivity index (χ2v) is 8.78. The fraction of sp³-hybridized carbons (Fsp3) is 0.500. The van der Waals surface area contributed by atoms with Gasteiger partial charge in [-0.2, -0.15) is 0 Å². The maximum absolute atomic E-state index is 13.4. The lowest BCUT2D eigenvalue weighted by atomic mass is 9.60. The molecular weight excluding hydrogens is 380 g/mol. The van der Waals surface area contributed by atoms with Gasteiger partial charge in [0.2, 0.25) is 11.9 Å². The Bertz CT molecular complexity index is 945. The van der Waals surface area contributed by atoms with E-state index in [9.17, 15) is 9.59 Å². The SMILES string of the molecule is CN1CCC2(CN(c3ncccn3)CC23CCN(C(=O)c2cccnc2)CC3)C1=O. The van der Waals surface area contributed by atoms with E-state index in [4.69, 9.17) is 0 Å². The number of amides is 2. The minimum atomic E-state index is -0.426. The van der Waals surface area contributed by atoms with Crippen molar-refractivity contribution in [3.63, 3.8) is 0 Å². The Morgan fingerprint density at radius 3 is 2.40 bits per heavy atom. The topological polar surface area (TPSA) is 82.5 Å². The highest BCUT2D eigenvalue weighted by molar-refractivity contribution is 5.94. The molecule has 1 unspecified atom stereocenters. The van der Waals surface area contributed by atoms with E-state index in [1.807, 2.05) is 22.9 Å². The summed E-state index contributed by atoms with van der Waals surface area (Å²) >= 11 is 0. The van der Waals surface area contributed by atoms with Gasteiger partial charge in [0.1, 0.15) is 0 Å². The zero-order valence-electron chi connectivity index (χ0n) is 17.2. The highest BCUT2D eigenvalue weighted by atomic mass is 16.2. The van der Waals surface area contributed by atoms with Crippen LogP contribution in [-0.2, 0) is 4.79 Å². The quantitative estimate of drug-likeness (QED) is 0.751. The van der Waals surface area contributed by atoms with E-state index in [0.717, 1.165) is 32.4 Å². The van der Waals surface area contributed by atoms with Crippen LogP contribution < -0.4 is 4.90 Å². The van der Waals surface area contributed by atoms with Crippen molar-refractivity contribution < 1.29 is 9.59 Å². The van der Waals surface area contributed by atoms with Crippen molar-refractivity contribution in [1.29, 1.82) is 0 Å². The molecule has 1 atom stereocenters. The van der Waals surface area contributed by atoms with Gasteiger partial charge < -0.3 is 14.7 Å². The van der Waals surface area contributed by atoms with Gasteiger partial charge in [0.05, 0.1) is 11.0 Å². The van der Waals surface area contributed by atoms with Crippen LogP contribution in [0.2, 0.25) is 0 Å². The first-order chi connectivity index (χ1) is 14.5. The van der Waals surface area contributed by atoms with Crippen molar-refractivity contribution in [2.45, 2.75) is 19.3 Å². The average molecular weight is 406 g/mol. The smallest absolute Gasteiger partial charge is 0.255 e. The summed E-state index contributed by atoms with van der Waals surface area (Å²) < 4.78 is 0. The number of piperidine rings is 1. The van der Waals surface area contributed by atoms with E-state index in [0.29, 0.717) is 31.1 Å². The Labute approximate surface area is 175 Å². The molecular formula is C22H26N6O2. The number of hydrogen-bond acceptors (Lipinski definition) is 6. The van der Waals surface area contributed by atoms with Crippen molar-refractivity contribution in [3.8, 4) is 0 Å². The summed E-state index contributed by atoms with van der Waals surface area (Å²) in [6.45, 7) is 3.48. The van der Waals surface area contributed by atoms with Gasteiger partial charge in [0.25, 0.3) is 5.91 Å². The number of carbonyl (C=O) groups excluding carboxylic acids is 2. The molecule has 2 aromatic heterocycles. The number of fused-ring (bicyclic) bond motifs is 1. The van der Waals surface area contributed by atoms with Crippen LogP contribution in [0.5, 0.6) is 0 Å². The van der Waals surface area contributed by atoms with Crippen molar-refractivity contribution in [3.05, 3.63) is 48.5 Å². The zero-order chi connectivity index (χ0) is 20.8. The summed E-state index contributed by atoms with van der Waals surface area (Å²) in [6.07, 6.45) is 9.25. The van der Waals surface area contributed by atoms with E-state index < -0.39 is 5.41 Å². The van der Waals surface area contributed by atoms with Gasteiger partial charge in [-0.3, -0.25) is 14.6 Å². The molecule has 2 spiro atoms. The Morgan fingerprint density at radius 2 is 1.77 bits per heavy atom. The lowest BCUT2D eigenvalue weighted by molar-refractivity contribution is -0.140. The summed E-state index contributed by atoms with van der Waals surface area (Å²) in [6, 6.07) is 5.40. The number of rotatable bonds is 2. The molecule has 8 nitrogen and oxygen atoms in total. The first kappa shape index (κ1) is 19.0. The molecule has 3 aliphatic heterocycles. The normalized spacial score (nSPS) is 25.5. The van der Waals surface area contributed by atoms with Crippen LogP contribution in [0.4, 0.5) is 5.95 Å². The first-order valence-corrected chi connectivity index (χ1v) is 10.5. The molecule has 0 bridgehead atoms. The number of aromatic nitrogens is 3. The van der Waals surface area contributed by atoms with Gasteiger partial charge in [-0.05, 0) is 37.5 Å². The second-order valence-electron chi connectivity index (χ2n) is 8.78. The van der Waals surface area contributed by atoms with E-state index in [2.05, 4.69) is 19.9 Å². The Balaban J connectivity index is 1.42. The molecule has 0 saturated carbocycles. The molecule has 30 heavy (non-hydrogen) atoms. The molecule has 2 amide bonds. The molecule has 0 N–H and O–H groups in total. The van der Waals surface area contributed by atoms with Crippen molar-refractivity contribution in [2.75, 3.05) is 44.7 Å². The predicted octanol–water partition coefficient (Wildman–Crippen LogP) is 1.46. The van der Waals surface area contributed by atoms with E-state index in [1.165, 1.54) is 0 Å². The van der Waals surface area contributed by atoms with Gasteiger partial charge in [-0.25, -0.2) is 9.97 Å². The molecule has 0 aliphatic carbocycles. The molecule has 8 heteroatoms. The van der Waals surface area contributed by atoms with Crippen LogP contribution in [0.25, 0.3) is 0 Å². The minimum Gasteiger partial charge on any atom is -0.345 e. The van der Waals surface area contributed by atoms with Crippen molar-refractivity contribution >= 4 is 17.8 Å². The number of pyridine rings is 1. The number of likely N-dealkylation sites (tertiary alicyclic amines) is 2. The minimum absolute atomic E-state index is 0.0168. The van der Waals surface area contributed by atoms with Crippen LogP contribution in [0, 0.1) is 10.8 Å². The largest absolute Gasteiger partial charge is 0.345 e. The third-order valence-electron chi connectivity index (χ3n) is 7.35. The van der Waals surface area contributed by atoms with E-state index in [1.54, 1.807) is 36.9 Å². The number of anilines is 1. The highest BCUT2D eigenvalue weighted by Crippen LogP contribution is 2.58. The van der Waals surface area contributed by atoms with Crippen LogP contribution in [-0.4, -0.2) is 76.3 Å². The average Bonchev–Trinajstić information content (AvgIpc) is 3.28. The molecule has 3 fully saturated rings. The van der Waals surface area contributed by atoms with Crippen LogP contribution in [0.3, 0.4) is 0 Å². The second kappa shape index (κ2) is 7.04. The molecule has 0 radical (unpaired) electrons. The van der Waals surface area contributed by atoms with Gasteiger partial charge in [0, 0.05) is 70.0 Å². The summed E-state index contributed by atoms with van der Waals surface area (Å²) in [4.78, 5) is 45.2. The molecule has 5 rings (SSSR count). The van der Waals surface area contributed by atoms with Crippen LogP contribution in [0.1, 0.15) is 29.6 Å². The number of hydrogen-bond donors (Lipinski definition) is 0. The maximum atomic E-state index is 13.4. The maximum Gasteiger partial charge on any atom is 0.255 e. The lowest BCUT2D eigenvalue weighted by Crippen LogP contribution is -2.53. The third kappa shape index (κ3) is 2.77. The Hall–Kier alpha value is -3.03. The van der Waals surface area contributed by atoms with Gasteiger partial charge in [-0.15, -0.1) is 0 Å². The summed E-state index contributed by atoms with van der Waals surface area (Å²) in [5, 5.41) is 0. The highest BCUT2D eigenvalue weighted by Gasteiger charge is 2.65. The third-order valence-corrected chi connectivity index (χ3v) is 7.35. The number of nitrogens with zero attached hydrogens (tertiary/aromatic N) is 6. The van der Waals surface area contributed by atoms with Gasteiger partial charge >= 0.3 is 0 Å². The fourth-order valence-electron chi connectivity index (χ4n) is 5.68. The van der Waals surface area contributed by atoms with E-state index >= 15 is 0 Å². The number of carbonyl (C=O) groups is 2. The molecule has 3 aliphatic rings. The standard InChI is InChI=1S/C22H26N6O2/c1-26-11-7-22(19(26)30)16-28(20-24-9-3-10-25-20)15-21(22)5-12-27(13-6-21)18(29)17-4-2-8-23-14-17/h2-4,8-10,14H,5-7,11-13,15-16H2,1H3. The van der Waals surface area contributed by atoms with Crippen molar-refractivity contribution in [2.24, 2.45) is 10.8 Å². The molecule has 5 heterocycles. The summed E-state index contributed by atoms with van der Waals surface area (Å²) in [5.41, 5.74) is 0.0232. The Kier molecular flexibility index (Phi) is 4.45. The van der Waals surface area contributed by atoms with E-state index in [-0.39, 0.29) is 17.2 Å². The predicted molar refractivity (Wildman–Crippen MR) is 111 cm³/mol. The molecule has 2 aromatic rings. The van der Waals surface area contributed by atoms with Gasteiger partial charge in [0.15, 0.2) is 0 Å². The lowest BCUT2D eigenvalue weighted by Gasteiger charge is -2.46. The zero-order valence-corrected chi connectivity index (χ0v) is 17.2.